The maximum Gasteiger partial charge on any atom is 0.321 e. The Morgan fingerprint density at radius 3 is 2.69 bits per heavy atom. The van der Waals surface area contributed by atoms with Crippen molar-refractivity contribution in [2.75, 3.05) is 32.1 Å². The first kappa shape index (κ1) is 27.6. The number of ether oxygens (including phenoxy) is 1. The fraction of sp³-hybridized carbons (Fsp3) is 0.400. The summed E-state index contributed by atoms with van der Waals surface area (Å²) in [5.74, 6) is -1.74. The van der Waals surface area contributed by atoms with Crippen LogP contribution in [0.5, 0.6) is 5.75 Å². The van der Waals surface area contributed by atoms with Crippen LogP contribution < -0.4 is 10.1 Å². The number of nitrogens with zero attached hydrogens (tertiary/aromatic N) is 2. The van der Waals surface area contributed by atoms with Gasteiger partial charge in [-0.3, -0.25) is 0 Å². The molecule has 0 radical (unpaired) electrons. The van der Waals surface area contributed by atoms with Crippen molar-refractivity contribution < 1.29 is 31.8 Å². The van der Waals surface area contributed by atoms with Crippen LogP contribution in [0.3, 0.4) is 0 Å². The van der Waals surface area contributed by atoms with Gasteiger partial charge in [0.2, 0.25) is 10.0 Å². The molecule has 0 bridgehead atoms. The second kappa shape index (κ2) is 11.4. The fourth-order valence-corrected chi connectivity index (χ4v) is 5.74. The summed E-state index contributed by atoms with van der Waals surface area (Å²) in [7, 11) is -2.51. The third-order valence-electron chi connectivity index (χ3n) is 6.02. The molecule has 3 rings (SSSR count). The minimum atomic E-state index is -3.98. The molecular weight excluding hydrogens is 492 g/mol. The Morgan fingerprint density at radius 2 is 2.03 bits per heavy atom. The molecule has 0 aliphatic carbocycles. The van der Waals surface area contributed by atoms with Crippen LogP contribution in [0.4, 0.5) is 19.3 Å². The summed E-state index contributed by atoms with van der Waals surface area (Å²) in [6.45, 7) is 4.93. The van der Waals surface area contributed by atoms with E-state index in [1.54, 1.807) is 32.1 Å². The summed E-state index contributed by atoms with van der Waals surface area (Å²) >= 11 is 0. The molecule has 8 nitrogen and oxygen atoms in total. The van der Waals surface area contributed by atoms with Gasteiger partial charge in [-0.1, -0.05) is 25.1 Å². The molecule has 1 aliphatic heterocycles. The van der Waals surface area contributed by atoms with Gasteiger partial charge in [0.1, 0.15) is 28.4 Å². The number of anilines is 1. The summed E-state index contributed by atoms with van der Waals surface area (Å²) in [4.78, 5) is 14.0. The first-order valence-electron chi connectivity index (χ1n) is 11.5. The van der Waals surface area contributed by atoms with E-state index in [1.807, 2.05) is 13.0 Å². The molecule has 196 valence electrons. The van der Waals surface area contributed by atoms with E-state index in [1.165, 1.54) is 22.3 Å². The number of allylic oxidation sites excluding steroid dienone is 1. The number of benzene rings is 2. The van der Waals surface area contributed by atoms with E-state index in [2.05, 4.69) is 5.32 Å². The molecule has 2 amide bonds. The van der Waals surface area contributed by atoms with Gasteiger partial charge in [0.25, 0.3) is 0 Å². The molecule has 2 aromatic rings. The Morgan fingerprint density at radius 1 is 1.31 bits per heavy atom. The molecule has 1 heterocycles. The molecule has 0 unspecified atom stereocenters. The van der Waals surface area contributed by atoms with Crippen molar-refractivity contribution in [2.45, 2.75) is 37.8 Å². The number of sulfonamides is 1. The highest BCUT2D eigenvalue weighted by atomic mass is 32.2. The highest BCUT2D eigenvalue weighted by molar-refractivity contribution is 7.89. The van der Waals surface area contributed by atoms with Crippen molar-refractivity contribution in [3.05, 3.63) is 59.7 Å². The number of nitrogens with one attached hydrogen (secondary N) is 1. The molecular formula is C25H31F2N3O5S. The number of urea groups is 1. The number of aliphatic hydroxyl groups excluding tert-OH is 1. The predicted octanol–water partition coefficient (Wildman–Crippen LogP) is 3.93. The summed E-state index contributed by atoms with van der Waals surface area (Å²) in [6, 6.07) is 6.12. The van der Waals surface area contributed by atoms with E-state index in [4.69, 9.17) is 4.74 Å². The Kier molecular flexibility index (Phi) is 8.70. The minimum Gasteiger partial charge on any atom is -0.487 e. The lowest BCUT2D eigenvalue weighted by Gasteiger charge is -2.37. The van der Waals surface area contributed by atoms with E-state index in [0.717, 1.165) is 23.8 Å². The van der Waals surface area contributed by atoms with Crippen LogP contribution >= 0.6 is 0 Å². The van der Waals surface area contributed by atoms with Crippen molar-refractivity contribution in [2.24, 2.45) is 5.92 Å². The third kappa shape index (κ3) is 6.03. The lowest BCUT2D eigenvalue weighted by molar-refractivity contribution is 0.0830. The number of likely N-dealkylation sites (N-methyl/N-ethyl adjacent to an activating group) is 1. The first-order chi connectivity index (χ1) is 17.0. The lowest BCUT2D eigenvalue weighted by atomic mass is 10.0. The first-order valence-corrected chi connectivity index (χ1v) is 12.9. The van der Waals surface area contributed by atoms with Crippen LogP contribution in [0.15, 0.2) is 47.4 Å². The molecule has 0 aromatic heterocycles. The molecule has 3 atom stereocenters. The van der Waals surface area contributed by atoms with Crippen molar-refractivity contribution in [1.29, 1.82) is 0 Å². The van der Waals surface area contributed by atoms with Gasteiger partial charge in [-0.25, -0.2) is 22.0 Å². The zero-order valence-electron chi connectivity index (χ0n) is 20.6. The molecule has 2 N–H and O–H groups in total. The second-order valence-corrected chi connectivity index (χ2v) is 10.7. The Labute approximate surface area is 210 Å². The van der Waals surface area contributed by atoms with Crippen molar-refractivity contribution in [3.8, 4) is 5.75 Å². The second-order valence-electron chi connectivity index (χ2n) is 8.88. The third-order valence-corrected chi connectivity index (χ3v) is 8.04. The van der Waals surface area contributed by atoms with Gasteiger partial charge >= 0.3 is 6.03 Å². The smallest absolute Gasteiger partial charge is 0.321 e. The van der Waals surface area contributed by atoms with E-state index in [-0.39, 0.29) is 36.0 Å². The van der Waals surface area contributed by atoms with E-state index in [9.17, 15) is 27.1 Å². The van der Waals surface area contributed by atoms with Crippen LogP contribution in [0.2, 0.25) is 0 Å². The fourth-order valence-electron chi connectivity index (χ4n) is 3.91. The topological polar surface area (TPSA) is 99.2 Å². The van der Waals surface area contributed by atoms with Gasteiger partial charge in [-0.15, -0.1) is 0 Å². The average Bonchev–Trinajstić information content (AvgIpc) is 2.83. The van der Waals surface area contributed by atoms with Crippen LogP contribution in [0.25, 0.3) is 6.08 Å². The number of rotatable bonds is 6. The quantitative estimate of drug-likeness (QED) is 0.598. The van der Waals surface area contributed by atoms with E-state index in [0.29, 0.717) is 0 Å². The highest BCUT2D eigenvalue weighted by Gasteiger charge is 2.38. The van der Waals surface area contributed by atoms with Crippen LogP contribution in [0.1, 0.15) is 26.3 Å². The number of hydrogen-bond donors (Lipinski definition) is 2. The van der Waals surface area contributed by atoms with Crippen molar-refractivity contribution in [3.63, 3.8) is 0 Å². The van der Waals surface area contributed by atoms with Gasteiger partial charge < -0.3 is 20.1 Å². The molecule has 1 aliphatic rings. The van der Waals surface area contributed by atoms with Gasteiger partial charge in [0.15, 0.2) is 0 Å². The summed E-state index contributed by atoms with van der Waals surface area (Å²) < 4.78 is 61.9. The normalized spacial score (nSPS) is 20.6. The van der Waals surface area contributed by atoms with Gasteiger partial charge in [-0.2, -0.15) is 4.31 Å². The van der Waals surface area contributed by atoms with Crippen LogP contribution in [-0.4, -0.2) is 67.7 Å². The molecule has 2 aromatic carbocycles. The SMILES string of the molecule is C/C=C/c1ccc2c(c1)O[C@H](CN(C)C(=O)Nc1cc(F)ccc1F)[C@@H](C)CN([C@H](C)CO)S2(=O)=O. The largest absolute Gasteiger partial charge is 0.487 e. The number of fused-ring (bicyclic) bond motifs is 1. The standard InChI is InChI=1S/C25H31F2N3O5S/c1-5-6-18-7-10-24-22(11-18)35-23(16(2)13-30(17(3)15-31)36(24,33)34)14-29(4)25(32)28-21-12-19(26)8-9-20(21)27/h5-12,16-17,23,31H,13-15H2,1-4H3,(H,28,32)/b6-5+/t16-,17+,23+/m0/s1. The Bertz CT molecular complexity index is 1240. The molecule has 0 saturated carbocycles. The maximum atomic E-state index is 14.0. The van der Waals surface area contributed by atoms with Crippen molar-refractivity contribution >= 4 is 27.8 Å². The molecule has 0 spiro atoms. The lowest BCUT2D eigenvalue weighted by Crippen LogP contribution is -2.50. The summed E-state index contributed by atoms with van der Waals surface area (Å²) in [6.07, 6.45) is 2.96. The Balaban J connectivity index is 1.94. The maximum absolute atomic E-state index is 14.0. The molecule has 11 heteroatoms. The monoisotopic (exact) mass is 523 g/mol. The average molecular weight is 524 g/mol. The number of amides is 2. The molecule has 0 fully saturated rings. The summed E-state index contributed by atoms with van der Waals surface area (Å²) in [5.41, 5.74) is 0.432. The predicted molar refractivity (Wildman–Crippen MR) is 133 cm³/mol. The van der Waals surface area contributed by atoms with Crippen LogP contribution in [-0.2, 0) is 10.0 Å². The van der Waals surface area contributed by atoms with Gasteiger partial charge in [0, 0.05) is 31.6 Å². The Hall–Kier alpha value is -3.02. The summed E-state index contributed by atoms with van der Waals surface area (Å²) in [5, 5.41) is 12.1. The number of carbonyl (C=O) groups is 1. The highest BCUT2D eigenvalue weighted by Crippen LogP contribution is 2.34. The zero-order chi connectivity index (χ0) is 26.6. The number of halogens is 2. The molecule has 0 saturated heterocycles. The zero-order valence-corrected chi connectivity index (χ0v) is 21.4. The van der Waals surface area contributed by atoms with E-state index < -0.39 is 45.8 Å². The van der Waals surface area contributed by atoms with Gasteiger partial charge in [0.05, 0.1) is 18.8 Å². The number of aliphatic hydroxyl groups is 1. The molecule has 36 heavy (non-hydrogen) atoms. The van der Waals surface area contributed by atoms with Crippen LogP contribution in [0, 0.1) is 17.6 Å². The van der Waals surface area contributed by atoms with E-state index >= 15 is 0 Å². The van der Waals surface area contributed by atoms with Crippen molar-refractivity contribution in [1.82, 2.24) is 9.21 Å². The van der Waals surface area contributed by atoms with Gasteiger partial charge in [-0.05, 0) is 43.7 Å². The number of carbonyl (C=O) groups excluding carboxylic acids is 1. The number of hydrogen-bond acceptors (Lipinski definition) is 5. The minimum absolute atomic E-state index is 0.0264.